The molecular formula is C8H9BrClF2NO. The van der Waals surface area contributed by atoms with Crippen LogP contribution in [0.3, 0.4) is 0 Å². The summed E-state index contributed by atoms with van der Waals surface area (Å²) in [5, 5.41) is 9.18. The summed E-state index contributed by atoms with van der Waals surface area (Å²) in [6.07, 6.45) is 0. The van der Waals surface area contributed by atoms with Gasteiger partial charge in [0, 0.05) is 10.0 Å². The first-order chi connectivity index (χ1) is 6.06. The minimum atomic E-state index is -0.994. The summed E-state index contributed by atoms with van der Waals surface area (Å²) in [4.78, 5) is 0. The summed E-state index contributed by atoms with van der Waals surface area (Å²) in [7, 11) is 0. The van der Waals surface area contributed by atoms with Crippen molar-refractivity contribution >= 4 is 28.3 Å². The number of aromatic hydroxyl groups is 1. The van der Waals surface area contributed by atoms with Gasteiger partial charge in [0.15, 0.2) is 11.6 Å². The van der Waals surface area contributed by atoms with Crippen molar-refractivity contribution in [3.8, 4) is 5.75 Å². The minimum Gasteiger partial charge on any atom is -0.505 e. The maximum atomic E-state index is 12.9. The molecular weight excluding hydrogens is 279 g/mol. The largest absolute Gasteiger partial charge is 0.505 e. The molecule has 0 saturated carbocycles. The number of nitrogens with two attached hydrogens (primary N) is 1. The molecule has 0 saturated heterocycles. The molecule has 1 rings (SSSR count). The molecule has 80 valence electrons. The summed E-state index contributed by atoms with van der Waals surface area (Å²) in [5.41, 5.74) is 5.37. The summed E-state index contributed by atoms with van der Waals surface area (Å²) >= 11 is 3.02. The molecule has 0 aromatic heterocycles. The molecule has 0 fully saturated rings. The smallest absolute Gasteiger partial charge is 0.166 e. The standard InChI is InChI=1S/C8H8BrF2NO.ClH/c9-4-1-5(7(12)3-10)8(13)6(11)2-4;/h1-2,7,13H,3,12H2;1H/t7-;/m1./s1. The first kappa shape index (κ1) is 13.6. The van der Waals surface area contributed by atoms with Crippen LogP contribution in [-0.2, 0) is 0 Å². The van der Waals surface area contributed by atoms with Gasteiger partial charge in [-0.2, -0.15) is 0 Å². The Kier molecular flexibility index (Phi) is 5.33. The molecule has 0 unspecified atom stereocenters. The monoisotopic (exact) mass is 287 g/mol. The average molecular weight is 289 g/mol. The van der Waals surface area contributed by atoms with Crippen molar-refractivity contribution in [2.45, 2.75) is 6.04 Å². The maximum Gasteiger partial charge on any atom is 0.166 e. The van der Waals surface area contributed by atoms with Crippen LogP contribution in [0, 0.1) is 5.82 Å². The SMILES string of the molecule is Cl.N[C@H](CF)c1cc(Br)cc(F)c1O. The fourth-order valence-electron chi connectivity index (χ4n) is 0.952. The quantitative estimate of drug-likeness (QED) is 0.879. The lowest BCUT2D eigenvalue weighted by molar-refractivity contribution is 0.396. The molecule has 0 aliphatic carbocycles. The highest BCUT2D eigenvalue weighted by molar-refractivity contribution is 9.10. The van der Waals surface area contributed by atoms with E-state index in [9.17, 15) is 13.9 Å². The summed E-state index contributed by atoms with van der Waals surface area (Å²) in [5.74, 6) is -1.40. The van der Waals surface area contributed by atoms with Crippen LogP contribution in [0.4, 0.5) is 8.78 Å². The molecule has 1 aromatic rings. The number of phenolic OH excluding ortho intramolecular Hbond substituents is 1. The number of hydrogen-bond acceptors (Lipinski definition) is 2. The van der Waals surface area contributed by atoms with Gasteiger partial charge in [-0.05, 0) is 12.1 Å². The third-order valence-corrected chi connectivity index (χ3v) is 2.08. The van der Waals surface area contributed by atoms with Crippen LogP contribution >= 0.6 is 28.3 Å². The average Bonchev–Trinajstić information content (AvgIpc) is 2.10. The lowest BCUT2D eigenvalue weighted by Gasteiger charge is -2.10. The van der Waals surface area contributed by atoms with Gasteiger partial charge in [-0.25, -0.2) is 8.78 Å². The fourth-order valence-corrected chi connectivity index (χ4v) is 1.40. The van der Waals surface area contributed by atoms with Gasteiger partial charge in [0.2, 0.25) is 0 Å². The van der Waals surface area contributed by atoms with Crippen LogP contribution in [0.1, 0.15) is 11.6 Å². The van der Waals surface area contributed by atoms with Crippen molar-refractivity contribution in [2.75, 3.05) is 6.67 Å². The van der Waals surface area contributed by atoms with Crippen molar-refractivity contribution in [1.82, 2.24) is 0 Å². The zero-order valence-electron chi connectivity index (χ0n) is 7.01. The van der Waals surface area contributed by atoms with E-state index < -0.39 is 24.3 Å². The topological polar surface area (TPSA) is 46.2 Å². The number of benzene rings is 1. The molecule has 0 bridgehead atoms. The van der Waals surface area contributed by atoms with Crippen molar-refractivity contribution in [3.63, 3.8) is 0 Å². The molecule has 0 aliphatic rings. The van der Waals surface area contributed by atoms with Gasteiger partial charge in [0.05, 0.1) is 6.04 Å². The number of alkyl halides is 1. The molecule has 6 heteroatoms. The van der Waals surface area contributed by atoms with Gasteiger partial charge in [-0.1, -0.05) is 15.9 Å². The van der Waals surface area contributed by atoms with Crippen LogP contribution in [0.25, 0.3) is 0 Å². The van der Waals surface area contributed by atoms with Crippen LogP contribution in [0.2, 0.25) is 0 Å². The van der Waals surface area contributed by atoms with E-state index >= 15 is 0 Å². The molecule has 0 aliphatic heterocycles. The van der Waals surface area contributed by atoms with E-state index in [1.807, 2.05) is 0 Å². The third-order valence-electron chi connectivity index (χ3n) is 1.62. The highest BCUT2D eigenvalue weighted by Crippen LogP contribution is 2.29. The Bertz CT molecular complexity index is 324. The summed E-state index contributed by atoms with van der Waals surface area (Å²) in [6.45, 7) is -0.844. The van der Waals surface area contributed by atoms with E-state index in [2.05, 4.69) is 15.9 Å². The number of rotatable bonds is 2. The van der Waals surface area contributed by atoms with Gasteiger partial charge in [-0.15, -0.1) is 12.4 Å². The van der Waals surface area contributed by atoms with E-state index in [-0.39, 0.29) is 18.0 Å². The lowest BCUT2D eigenvalue weighted by atomic mass is 10.1. The Morgan fingerprint density at radius 3 is 2.57 bits per heavy atom. The summed E-state index contributed by atoms with van der Waals surface area (Å²) < 4.78 is 25.4. The van der Waals surface area contributed by atoms with Gasteiger partial charge >= 0.3 is 0 Å². The fraction of sp³-hybridized carbons (Fsp3) is 0.250. The Hall–Kier alpha value is -0.390. The predicted octanol–water partition coefficient (Wildman–Crippen LogP) is 2.68. The van der Waals surface area contributed by atoms with Crippen molar-refractivity contribution in [1.29, 1.82) is 0 Å². The van der Waals surface area contributed by atoms with Crippen LogP contribution in [0.15, 0.2) is 16.6 Å². The Morgan fingerprint density at radius 1 is 1.50 bits per heavy atom. The Balaban J connectivity index is 0.00000169. The second-order valence-electron chi connectivity index (χ2n) is 2.59. The number of halogens is 4. The zero-order valence-corrected chi connectivity index (χ0v) is 9.41. The van der Waals surface area contributed by atoms with E-state index in [1.54, 1.807) is 0 Å². The van der Waals surface area contributed by atoms with Crippen LogP contribution in [-0.4, -0.2) is 11.8 Å². The maximum absolute atomic E-state index is 12.9. The predicted molar refractivity (Wildman–Crippen MR) is 55.9 cm³/mol. The Morgan fingerprint density at radius 2 is 2.07 bits per heavy atom. The molecule has 0 amide bonds. The third kappa shape index (κ3) is 2.80. The van der Waals surface area contributed by atoms with Crippen molar-refractivity contribution in [3.05, 3.63) is 28.0 Å². The first-order valence-electron chi connectivity index (χ1n) is 3.55. The lowest BCUT2D eigenvalue weighted by Crippen LogP contribution is -2.12. The minimum absolute atomic E-state index is 0. The van der Waals surface area contributed by atoms with Gasteiger partial charge < -0.3 is 10.8 Å². The molecule has 0 heterocycles. The van der Waals surface area contributed by atoms with E-state index in [0.717, 1.165) is 6.07 Å². The van der Waals surface area contributed by atoms with E-state index in [1.165, 1.54) is 6.07 Å². The van der Waals surface area contributed by atoms with E-state index in [0.29, 0.717) is 4.47 Å². The second kappa shape index (κ2) is 5.48. The first-order valence-corrected chi connectivity index (χ1v) is 4.35. The van der Waals surface area contributed by atoms with Crippen molar-refractivity contribution < 1.29 is 13.9 Å². The van der Waals surface area contributed by atoms with Gasteiger partial charge in [0.25, 0.3) is 0 Å². The zero-order chi connectivity index (χ0) is 10.0. The molecule has 0 radical (unpaired) electrons. The van der Waals surface area contributed by atoms with Crippen molar-refractivity contribution in [2.24, 2.45) is 5.73 Å². The normalized spacial score (nSPS) is 12.0. The number of phenols is 1. The number of hydrogen-bond donors (Lipinski definition) is 2. The van der Waals surface area contributed by atoms with Gasteiger partial charge in [0.1, 0.15) is 6.67 Å². The molecule has 1 aromatic carbocycles. The van der Waals surface area contributed by atoms with Crippen LogP contribution < -0.4 is 5.73 Å². The van der Waals surface area contributed by atoms with E-state index in [4.69, 9.17) is 5.73 Å². The molecule has 0 spiro atoms. The highest BCUT2D eigenvalue weighted by Gasteiger charge is 2.15. The Labute approximate surface area is 94.6 Å². The molecule has 2 nitrogen and oxygen atoms in total. The van der Waals surface area contributed by atoms with Crippen LogP contribution in [0.5, 0.6) is 5.75 Å². The molecule has 3 N–H and O–H groups in total. The van der Waals surface area contributed by atoms with Gasteiger partial charge in [-0.3, -0.25) is 0 Å². The highest BCUT2D eigenvalue weighted by atomic mass is 79.9. The molecule has 14 heavy (non-hydrogen) atoms. The summed E-state index contributed by atoms with van der Waals surface area (Å²) in [6, 6.07) is 1.49. The molecule has 1 atom stereocenters. The second-order valence-corrected chi connectivity index (χ2v) is 3.50.